The first kappa shape index (κ1) is 16.5. The summed E-state index contributed by atoms with van der Waals surface area (Å²) in [4.78, 5) is 26.4. The van der Waals surface area contributed by atoms with Gasteiger partial charge < -0.3 is 15.4 Å². The molecular weight excluding hydrogens is 316 g/mol. The standard InChI is InChI=1S/C20H18N2O3/c1-12-13(2)21-19(20(24)25)15(12)10-11-18(23)22-17-9-5-7-14-6-3-4-8-16(14)17/h3-11,21H,1-2H3,(H,22,23)(H,24,25)/b11-10+. The van der Waals surface area contributed by atoms with Crippen LogP contribution in [0.4, 0.5) is 5.69 Å². The van der Waals surface area contributed by atoms with Crippen LogP contribution in [0.25, 0.3) is 16.8 Å². The largest absolute Gasteiger partial charge is 0.477 e. The van der Waals surface area contributed by atoms with Gasteiger partial charge in [-0.15, -0.1) is 0 Å². The molecule has 0 unspecified atom stereocenters. The first-order chi connectivity index (χ1) is 12.0. The molecule has 0 bridgehead atoms. The zero-order valence-electron chi connectivity index (χ0n) is 14.0. The summed E-state index contributed by atoms with van der Waals surface area (Å²) >= 11 is 0. The Morgan fingerprint density at radius 2 is 1.80 bits per heavy atom. The van der Waals surface area contributed by atoms with Crippen LogP contribution in [0.3, 0.4) is 0 Å². The number of fused-ring (bicyclic) bond motifs is 1. The van der Waals surface area contributed by atoms with Crippen molar-refractivity contribution in [2.75, 3.05) is 5.32 Å². The van der Waals surface area contributed by atoms with E-state index in [4.69, 9.17) is 0 Å². The highest BCUT2D eigenvalue weighted by molar-refractivity contribution is 6.08. The molecule has 126 valence electrons. The third kappa shape index (κ3) is 3.30. The van der Waals surface area contributed by atoms with Gasteiger partial charge in [0.2, 0.25) is 5.91 Å². The highest BCUT2D eigenvalue weighted by Crippen LogP contribution is 2.23. The Kier molecular flexibility index (Phi) is 4.39. The fraction of sp³-hybridized carbons (Fsp3) is 0.100. The number of amides is 1. The summed E-state index contributed by atoms with van der Waals surface area (Å²) in [5, 5.41) is 14.1. The minimum Gasteiger partial charge on any atom is -0.477 e. The van der Waals surface area contributed by atoms with Crippen molar-refractivity contribution in [2.45, 2.75) is 13.8 Å². The number of benzene rings is 2. The molecule has 0 saturated carbocycles. The van der Waals surface area contributed by atoms with Crippen LogP contribution in [0.1, 0.15) is 27.3 Å². The molecule has 0 atom stereocenters. The van der Waals surface area contributed by atoms with Gasteiger partial charge in [-0.3, -0.25) is 4.79 Å². The van der Waals surface area contributed by atoms with Crippen molar-refractivity contribution >= 4 is 34.4 Å². The van der Waals surface area contributed by atoms with E-state index in [1.54, 1.807) is 6.92 Å². The predicted octanol–water partition coefficient (Wildman–Crippen LogP) is 4.13. The number of carbonyl (C=O) groups is 2. The number of aryl methyl sites for hydroxylation is 1. The molecule has 0 aliphatic rings. The van der Waals surface area contributed by atoms with E-state index in [-0.39, 0.29) is 11.6 Å². The van der Waals surface area contributed by atoms with Crippen LogP contribution < -0.4 is 5.32 Å². The second kappa shape index (κ2) is 6.65. The molecule has 1 amide bonds. The van der Waals surface area contributed by atoms with Crippen molar-refractivity contribution in [3.8, 4) is 0 Å². The van der Waals surface area contributed by atoms with Crippen LogP contribution in [0.5, 0.6) is 0 Å². The first-order valence-corrected chi connectivity index (χ1v) is 7.86. The van der Waals surface area contributed by atoms with Gasteiger partial charge in [0.05, 0.1) is 0 Å². The Morgan fingerprint density at radius 1 is 1.08 bits per heavy atom. The van der Waals surface area contributed by atoms with E-state index >= 15 is 0 Å². The van der Waals surface area contributed by atoms with Crippen molar-refractivity contribution in [2.24, 2.45) is 0 Å². The maximum Gasteiger partial charge on any atom is 0.352 e. The van der Waals surface area contributed by atoms with Crippen LogP contribution in [0, 0.1) is 13.8 Å². The van der Waals surface area contributed by atoms with E-state index in [0.717, 1.165) is 22.0 Å². The van der Waals surface area contributed by atoms with Gasteiger partial charge >= 0.3 is 5.97 Å². The van der Waals surface area contributed by atoms with Gasteiger partial charge in [0.25, 0.3) is 0 Å². The summed E-state index contributed by atoms with van der Waals surface area (Å²) in [6.45, 7) is 3.62. The highest BCUT2D eigenvalue weighted by atomic mass is 16.4. The van der Waals surface area contributed by atoms with E-state index in [2.05, 4.69) is 10.3 Å². The van der Waals surface area contributed by atoms with Crippen LogP contribution in [-0.2, 0) is 4.79 Å². The summed E-state index contributed by atoms with van der Waals surface area (Å²) < 4.78 is 0. The lowest BCUT2D eigenvalue weighted by Gasteiger charge is -2.06. The molecule has 5 nitrogen and oxygen atoms in total. The third-order valence-corrected chi connectivity index (χ3v) is 4.21. The van der Waals surface area contributed by atoms with Gasteiger partial charge in [0, 0.05) is 28.4 Å². The number of aromatic carboxylic acids is 1. The Morgan fingerprint density at radius 3 is 2.56 bits per heavy atom. The van der Waals surface area contributed by atoms with Crippen LogP contribution in [-0.4, -0.2) is 22.0 Å². The number of carbonyl (C=O) groups excluding carboxylic acids is 1. The molecular formula is C20H18N2O3. The summed E-state index contributed by atoms with van der Waals surface area (Å²) in [6.07, 6.45) is 2.88. The Hall–Kier alpha value is -3.34. The maximum atomic E-state index is 12.3. The second-order valence-corrected chi connectivity index (χ2v) is 5.82. The Labute approximate surface area is 145 Å². The zero-order chi connectivity index (χ0) is 18.0. The minimum absolute atomic E-state index is 0.0872. The number of nitrogens with one attached hydrogen (secondary N) is 2. The number of H-pyrrole nitrogens is 1. The second-order valence-electron chi connectivity index (χ2n) is 5.82. The van der Waals surface area contributed by atoms with E-state index < -0.39 is 5.97 Å². The van der Waals surface area contributed by atoms with Crippen molar-refractivity contribution in [1.82, 2.24) is 4.98 Å². The summed E-state index contributed by atoms with van der Waals surface area (Å²) in [6, 6.07) is 13.5. The van der Waals surface area contributed by atoms with Crippen LogP contribution >= 0.6 is 0 Å². The molecule has 0 aliphatic heterocycles. The molecule has 3 N–H and O–H groups in total. The molecule has 3 aromatic rings. The quantitative estimate of drug-likeness (QED) is 0.627. The van der Waals surface area contributed by atoms with Gasteiger partial charge in [-0.1, -0.05) is 36.4 Å². The number of rotatable bonds is 4. The number of anilines is 1. The number of hydrogen-bond donors (Lipinski definition) is 3. The van der Waals surface area contributed by atoms with Gasteiger partial charge in [0.1, 0.15) is 5.69 Å². The number of hydrogen-bond acceptors (Lipinski definition) is 2. The van der Waals surface area contributed by atoms with Gasteiger partial charge in [-0.05, 0) is 36.9 Å². The van der Waals surface area contributed by atoms with E-state index in [1.807, 2.05) is 49.4 Å². The van der Waals surface area contributed by atoms with Crippen molar-refractivity contribution in [1.29, 1.82) is 0 Å². The van der Waals surface area contributed by atoms with Crippen molar-refractivity contribution < 1.29 is 14.7 Å². The van der Waals surface area contributed by atoms with Crippen LogP contribution in [0.2, 0.25) is 0 Å². The topological polar surface area (TPSA) is 82.2 Å². The van der Waals surface area contributed by atoms with E-state index in [9.17, 15) is 14.7 Å². The average Bonchev–Trinajstić information content (AvgIpc) is 2.88. The number of carboxylic acid groups (broad SMARTS) is 1. The van der Waals surface area contributed by atoms with E-state index in [0.29, 0.717) is 11.3 Å². The fourth-order valence-electron chi connectivity index (χ4n) is 2.78. The summed E-state index contributed by atoms with van der Waals surface area (Å²) in [5.41, 5.74) is 2.90. The minimum atomic E-state index is -1.05. The molecule has 2 aromatic carbocycles. The van der Waals surface area contributed by atoms with Crippen molar-refractivity contribution in [3.63, 3.8) is 0 Å². The lowest BCUT2D eigenvalue weighted by atomic mass is 10.1. The lowest BCUT2D eigenvalue weighted by Crippen LogP contribution is -2.08. The van der Waals surface area contributed by atoms with Crippen LogP contribution in [0.15, 0.2) is 48.5 Å². The third-order valence-electron chi connectivity index (χ3n) is 4.21. The molecule has 0 aliphatic carbocycles. The number of aromatic nitrogens is 1. The average molecular weight is 334 g/mol. The normalized spacial score (nSPS) is 11.1. The highest BCUT2D eigenvalue weighted by Gasteiger charge is 2.15. The predicted molar refractivity (Wildman–Crippen MR) is 98.8 cm³/mol. The fourth-order valence-corrected chi connectivity index (χ4v) is 2.78. The smallest absolute Gasteiger partial charge is 0.352 e. The number of carboxylic acids is 1. The maximum absolute atomic E-state index is 12.3. The summed E-state index contributed by atoms with van der Waals surface area (Å²) in [5.74, 6) is -1.36. The molecule has 0 saturated heterocycles. The monoisotopic (exact) mass is 334 g/mol. The molecule has 0 fully saturated rings. The van der Waals surface area contributed by atoms with Crippen molar-refractivity contribution in [3.05, 3.63) is 71.1 Å². The Balaban J connectivity index is 1.86. The van der Waals surface area contributed by atoms with Gasteiger partial charge in [0.15, 0.2) is 0 Å². The van der Waals surface area contributed by atoms with Gasteiger partial charge in [-0.2, -0.15) is 0 Å². The lowest BCUT2D eigenvalue weighted by molar-refractivity contribution is -0.111. The molecule has 3 rings (SSSR count). The SMILES string of the molecule is Cc1[nH]c(C(=O)O)c(/C=C/C(=O)Nc2cccc3ccccc23)c1C. The molecule has 5 heteroatoms. The molecule has 1 aromatic heterocycles. The molecule has 0 radical (unpaired) electrons. The molecule has 0 spiro atoms. The summed E-state index contributed by atoms with van der Waals surface area (Å²) in [7, 11) is 0. The molecule has 25 heavy (non-hydrogen) atoms. The Bertz CT molecular complexity index is 994. The zero-order valence-corrected chi connectivity index (χ0v) is 14.0. The number of aromatic amines is 1. The van der Waals surface area contributed by atoms with E-state index in [1.165, 1.54) is 12.2 Å². The first-order valence-electron chi connectivity index (χ1n) is 7.86. The van der Waals surface area contributed by atoms with Gasteiger partial charge in [-0.25, -0.2) is 4.79 Å². The molecule has 1 heterocycles.